The van der Waals surface area contributed by atoms with Crippen LogP contribution in [-0.2, 0) is 0 Å². The Hall–Kier alpha value is -0.963. The summed E-state index contributed by atoms with van der Waals surface area (Å²) in [7, 11) is 1.20. The van der Waals surface area contributed by atoms with E-state index in [2.05, 4.69) is 29.9 Å². The van der Waals surface area contributed by atoms with Gasteiger partial charge in [-0.3, -0.25) is 0 Å². The summed E-state index contributed by atoms with van der Waals surface area (Å²) in [5.41, 5.74) is 0. The second-order valence-corrected chi connectivity index (χ2v) is 3.18. The number of nitrogens with one attached hydrogen (secondary N) is 2. The van der Waals surface area contributed by atoms with Crippen LogP contribution in [0.4, 0.5) is 0 Å². The SMILES string of the molecule is C=CCNC(=CC[SiH3])NCC=C. The van der Waals surface area contributed by atoms with Crippen molar-refractivity contribution in [1.29, 1.82) is 0 Å². The van der Waals surface area contributed by atoms with E-state index in [1.54, 1.807) is 0 Å². The van der Waals surface area contributed by atoms with Gasteiger partial charge in [-0.2, -0.15) is 0 Å². The molecule has 0 rings (SSSR count). The topological polar surface area (TPSA) is 24.1 Å². The summed E-state index contributed by atoms with van der Waals surface area (Å²) in [6.45, 7) is 8.89. The molecule has 0 saturated carbocycles. The Morgan fingerprint density at radius 2 is 1.67 bits per heavy atom. The van der Waals surface area contributed by atoms with E-state index in [4.69, 9.17) is 0 Å². The molecule has 0 fully saturated rings. The molecule has 12 heavy (non-hydrogen) atoms. The molecule has 0 radical (unpaired) electrons. The molecule has 0 aliphatic rings. The first-order valence-corrected chi connectivity index (χ1v) is 5.66. The van der Waals surface area contributed by atoms with E-state index in [0.717, 1.165) is 25.0 Å². The van der Waals surface area contributed by atoms with Crippen LogP contribution in [0.2, 0.25) is 6.04 Å². The lowest BCUT2D eigenvalue weighted by molar-refractivity contribution is 0.759. The van der Waals surface area contributed by atoms with Crippen LogP contribution >= 0.6 is 0 Å². The highest BCUT2D eigenvalue weighted by Crippen LogP contribution is 1.85. The Morgan fingerprint density at radius 3 is 2.00 bits per heavy atom. The largest absolute Gasteiger partial charge is 0.369 e. The van der Waals surface area contributed by atoms with Gasteiger partial charge in [0.2, 0.25) is 0 Å². The van der Waals surface area contributed by atoms with Crippen LogP contribution in [-0.4, -0.2) is 23.3 Å². The minimum absolute atomic E-state index is 0.803. The number of rotatable bonds is 7. The lowest BCUT2D eigenvalue weighted by Crippen LogP contribution is -2.26. The Morgan fingerprint density at radius 1 is 1.17 bits per heavy atom. The molecule has 0 atom stereocenters. The van der Waals surface area contributed by atoms with Crippen LogP contribution in [0.25, 0.3) is 0 Å². The molecule has 2 nitrogen and oxygen atoms in total. The third-order valence-electron chi connectivity index (χ3n) is 1.28. The third-order valence-corrected chi connectivity index (χ3v) is 1.69. The van der Waals surface area contributed by atoms with Crippen molar-refractivity contribution in [1.82, 2.24) is 10.6 Å². The minimum Gasteiger partial charge on any atom is -0.369 e. The normalized spacial score (nSPS) is 8.67. The van der Waals surface area contributed by atoms with Crippen molar-refractivity contribution >= 4 is 10.2 Å². The van der Waals surface area contributed by atoms with Crippen molar-refractivity contribution < 1.29 is 0 Å². The molecule has 2 N–H and O–H groups in total. The highest BCUT2D eigenvalue weighted by molar-refractivity contribution is 6.09. The smallest absolute Gasteiger partial charge is 0.0947 e. The first-order valence-electron chi connectivity index (χ1n) is 4.24. The Bertz CT molecular complexity index is 150. The zero-order valence-electron chi connectivity index (χ0n) is 7.77. The van der Waals surface area contributed by atoms with Gasteiger partial charge in [0.15, 0.2) is 0 Å². The van der Waals surface area contributed by atoms with Gasteiger partial charge in [-0.05, 0) is 12.1 Å². The molecule has 0 aromatic carbocycles. The molecule has 3 heteroatoms. The molecular formula is C9H18N2Si. The number of allylic oxidation sites excluding steroid dienone is 1. The first kappa shape index (κ1) is 11.0. The van der Waals surface area contributed by atoms with Crippen LogP contribution in [0.1, 0.15) is 0 Å². The summed E-state index contributed by atoms with van der Waals surface area (Å²) < 4.78 is 0. The van der Waals surface area contributed by atoms with Crippen LogP contribution in [0, 0.1) is 0 Å². The van der Waals surface area contributed by atoms with Gasteiger partial charge in [-0.1, -0.05) is 12.2 Å². The second kappa shape index (κ2) is 8.14. The van der Waals surface area contributed by atoms with E-state index in [9.17, 15) is 0 Å². The van der Waals surface area contributed by atoms with Crippen LogP contribution in [0.3, 0.4) is 0 Å². The highest BCUT2D eigenvalue weighted by Gasteiger charge is 1.89. The molecule has 0 aliphatic carbocycles. The summed E-state index contributed by atoms with van der Waals surface area (Å²) in [6.07, 6.45) is 5.85. The maximum absolute atomic E-state index is 3.64. The van der Waals surface area contributed by atoms with Crippen LogP contribution < -0.4 is 10.6 Å². The second-order valence-electron chi connectivity index (χ2n) is 2.37. The zero-order valence-corrected chi connectivity index (χ0v) is 9.77. The van der Waals surface area contributed by atoms with Crippen molar-refractivity contribution in [3.8, 4) is 0 Å². The van der Waals surface area contributed by atoms with Crippen molar-refractivity contribution in [2.24, 2.45) is 0 Å². The molecule has 0 spiro atoms. The molecule has 68 valence electrons. The Kier molecular flexibility index (Phi) is 7.48. The molecule has 0 aliphatic heterocycles. The van der Waals surface area contributed by atoms with Crippen molar-refractivity contribution in [2.75, 3.05) is 13.1 Å². The van der Waals surface area contributed by atoms with E-state index in [0.29, 0.717) is 0 Å². The Balaban J connectivity index is 3.77. The van der Waals surface area contributed by atoms with Crippen molar-refractivity contribution in [2.45, 2.75) is 6.04 Å². The fraction of sp³-hybridized carbons (Fsp3) is 0.333. The average molecular weight is 182 g/mol. The molecular weight excluding hydrogens is 164 g/mol. The maximum Gasteiger partial charge on any atom is 0.0947 e. The monoisotopic (exact) mass is 182 g/mol. The molecule has 0 aromatic heterocycles. The van der Waals surface area contributed by atoms with Crippen LogP contribution in [0.5, 0.6) is 0 Å². The van der Waals surface area contributed by atoms with Crippen molar-refractivity contribution in [3.05, 3.63) is 37.2 Å². The fourth-order valence-electron chi connectivity index (χ4n) is 0.775. The van der Waals surface area contributed by atoms with E-state index in [-0.39, 0.29) is 0 Å². The summed E-state index contributed by atoms with van der Waals surface area (Å²) in [6, 6.07) is 1.16. The molecule has 0 saturated heterocycles. The summed E-state index contributed by atoms with van der Waals surface area (Å²) in [5, 5.41) is 6.42. The minimum atomic E-state index is 0.803. The number of hydrogen-bond donors (Lipinski definition) is 2. The number of hydrogen-bond acceptors (Lipinski definition) is 2. The quantitative estimate of drug-likeness (QED) is 0.433. The fourth-order valence-corrected chi connectivity index (χ4v) is 1.18. The standard InChI is InChI=1S/C9H18N2Si/c1-3-6-10-9(5-8-12)11-7-4-2/h3-5,10-11H,1-2,6-8H2,12H3. The van der Waals surface area contributed by atoms with Gasteiger partial charge in [0.1, 0.15) is 0 Å². The van der Waals surface area contributed by atoms with Gasteiger partial charge in [0.25, 0.3) is 0 Å². The average Bonchev–Trinajstić information content (AvgIpc) is 2.10. The Labute approximate surface area is 77.9 Å². The van der Waals surface area contributed by atoms with Gasteiger partial charge in [-0.15, -0.1) is 13.2 Å². The molecule has 0 aromatic rings. The third kappa shape index (κ3) is 5.79. The lowest BCUT2D eigenvalue weighted by Gasteiger charge is -2.09. The van der Waals surface area contributed by atoms with E-state index >= 15 is 0 Å². The van der Waals surface area contributed by atoms with Crippen molar-refractivity contribution in [3.63, 3.8) is 0 Å². The van der Waals surface area contributed by atoms with E-state index in [1.807, 2.05) is 12.2 Å². The zero-order chi connectivity index (χ0) is 9.23. The summed E-state index contributed by atoms with van der Waals surface area (Å²) >= 11 is 0. The molecule has 0 amide bonds. The van der Waals surface area contributed by atoms with Crippen LogP contribution in [0.15, 0.2) is 37.2 Å². The lowest BCUT2D eigenvalue weighted by atomic mass is 10.5. The van der Waals surface area contributed by atoms with Gasteiger partial charge >= 0.3 is 0 Å². The highest BCUT2D eigenvalue weighted by atomic mass is 28.1. The molecule has 0 heterocycles. The summed E-state index contributed by atoms with van der Waals surface area (Å²) in [5.74, 6) is 1.09. The van der Waals surface area contributed by atoms with Gasteiger partial charge in [0, 0.05) is 23.3 Å². The first-order chi connectivity index (χ1) is 5.85. The van der Waals surface area contributed by atoms with Gasteiger partial charge < -0.3 is 10.6 Å². The predicted molar refractivity (Wildman–Crippen MR) is 59.2 cm³/mol. The van der Waals surface area contributed by atoms with Gasteiger partial charge in [-0.25, -0.2) is 0 Å². The maximum atomic E-state index is 3.64. The van der Waals surface area contributed by atoms with E-state index in [1.165, 1.54) is 10.2 Å². The van der Waals surface area contributed by atoms with Gasteiger partial charge in [0.05, 0.1) is 5.82 Å². The predicted octanol–water partition coefficient (Wildman–Crippen LogP) is 0.163. The molecule has 0 unspecified atom stereocenters. The van der Waals surface area contributed by atoms with E-state index < -0.39 is 0 Å². The summed E-state index contributed by atoms with van der Waals surface area (Å²) in [4.78, 5) is 0. The molecule has 0 bridgehead atoms.